The van der Waals surface area contributed by atoms with E-state index < -0.39 is 5.54 Å². The Morgan fingerprint density at radius 1 is 1.48 bits per heavy atom. The van der Waals surface area contributed by atoms with Gasteiger partial charge in [0.1, 0.15) is 6.17 Å². The Kier molecular flexibility index (Phi) is 4.10. The van der Waals surface area contributed by atoms with Gasteiger partial charge in [-0.25, -0.2) is 0 Å². The van der Waals surface area contributed by atoms with Crippen LogP contribution in [-0.2, 0) is 4.79 Å². The summed E-state index contributed by atoms with van der Waals surface area (Å²) in [5.74, 6) is 1.69. The summed E-state index contributed by atoms with van der Waals surface area (Å²) in [6, 6.07) is 2.14. The van der Waals surface area contributed by atoms with Gasteiger partial charge >= 0.3 is 0 Å². The molecule has 0 bridgehead atoms. The first-order valence-electron chi connectivity index (χ1n) is 8.16. The minimum absolute atomic E-state index is 0.0569. The van der Waals surface area contributed by atoms with Crippen LogP contribution < -0.4 is 5.32 Å². The van der Waals surface area contributed by atoms with Crippen molar-refractivity contribution in [1.29, 1.82) is 0 Å². The zero-order chi connectivity index (χ0) is 15.0. The van der Waals surface area contributed by atoms with Gasteiger partial charge in [-0.15, -0.1) is 0 Å². The first kappa shape index (κ1) is 15.0. The first-order chi connectivity index (χ1) is 10.0. The van der Waals surface area contributed by atoms with Crippen molar-refractivity contribution < 1.29 is 4.79 Å². The quantitative estimate of drug-likeness (QED) is 0.918. The molecule has 1 aliphatic heterocycles. The molecule has 0 spiro atoms. The number of amides is 1. The van der Waals surface area contributed by atoms with Crippen LogP contribution in [0.1, 0.15) is 58.2 Å². The van der Waals surface area contributed by atoms with E-state index in [4.69, 9.17) is 0 Å². The van der Waals surface area contributed by atoms with Gasteiger partial charge in [0.15, 0.2) is 0 Å². The molecule has 2 aliphatic rings. The highest BCUT2D eigenvalue weighted by Gasteiger charge is 2.48. The molecule has 0 radical (unpaired) electrons. The number of nitrogens with zero attached hydrogens (tertiary/aromatic N) is 1. The minimum Gasteiger partial charge on any atom is -0.321 e. The molecule has 21 heavy (non-hydrogen) atoms. The lowest BCUT2D eigenvalue weighted by Gasteiger charge is -2.28. The molecule has 1 aliphatic carbocycles. The van der Waals surface area contributed by atoms with Gasteiger partial charge in [-0.2, -0.15) is 11.3 Å². The number of nitrogens with one attached hydrogen (secondary N) is 1. The van der Waals surface area contributed by atoms with Crippen molar-refractivity contribution in [2.24, 2.45) is 11.8 Å². The summed E-state index contributed by atoms with van der Waals surface area (Å²) < 4.78 is 0. The van der Waals surface area contributed by atoms with Crippen molar-refractivity contribution in [1.82, 2.24) is 10.2 Å². The minimum atomic E-state index is -0.408. The second kappa shape index (κ2) is 5.73. The molecule has 2 fully saturated rings. The van der Waals surface area contributed by atoms with Gasteiger partial charge in [-0.1, -0.05) is 26.7 Å². The zero-order valence-corrected chi connectivity index (χ0v) is 14.1. The molecule has 1 aromatic rings. The van der Waals surface area contributed by atoms with Gasteiger partial charge in [-0.3, -0.25) is 10.1 Å². The fourth-order valence-electron chi connectivity index (χ4n) is 3.76. The molecule has 3 rings (SSSR count). The standard InChI is InChI=1S/C17H26N2OS/c1-4-17(3)16(20)19(10-13-7-5-6-12(13)2)15(18-17)14-8-9-21-11-14/h8-9,11-13,15,18H,4-7,10H2,1-3H3. The van der Waals surface area contributed by atoms with Crippen molar-refractivity contribution in [2.75, 3.05) is 6.54 Å². The molecule has 1 saturated heterocycles. The number of rotatable bonds is 4. The number of hydrogen-bond acceptors (Lipinski definition) is 3. The van der Waals surface area contributed by atoms with Crippen LogP contribution in [0.2, 0.25) is 0 Å². The van der Waals surface area contributed by atoms with Crippen LogP contribution >= 0.6 is 11.3 Å². The van der Waals surface area contributed by atoms with Gasteiger partial charge in [0.25, 0.3) is 0 Å². The lowest BCUT2D eigenvalue weighted by Crippen LogP contribution is -2.43. The maximum absolute atomic E-state index is 12.9. The highest BCUT2D eigenvalue weighted by atomic mass is 32.1. The van der Waals surface area contributed by atoms with Crippen LogP contribution in [0.5, 0.6) is 0 Å². The molecular weight excluding hydrogens is 280 g/mol. The molecule has 1 saturated carbocycles. The SMILES string of the molecule is CCC1(C)NC(c2ccsc2)N(CC2CCCC2C)C1=O. The van der Waals surface area contributed by atoms with Crippen LogP contribution in [0.3, 0.4) is 0 Å². The average molecular weight is 306 g/mol. The number of thiophene rings is 1. The van der Waals surface area contributed by atoms with Crippen molar-refractivity contribution >= 4 is 17.2 Å². The highest BCUT2D eigenvalue weighted by Crippen LogP contribution is 2.38. The van der Waals surface area contributed by atoms with Gasteiger partial charge in [0.2, 0.25) is 5.91 Å². The molecule has 4 atom stereocenters. The summed E-state index contributed by atoms with van der Waals surface area (Å²) in [4.78, 5) is 15.0. The Morgan fingerprint density at radius 3 is 2.86 bits per heavy atom. The molecule has 4 unspecified atom stereocenters. The lowest BCUT2D eigenvalue weighted by atomic mass is 9.96. The molecule has 4 heteroatoms. The summed E-state index contributed by atoms with van der Waals surface area (Å²) >= 11 is 1.70. The van der Waals surface area contributed by atoms with E-state index in [1.165, 1.54) is 24.8 Å². The lowest BCUT2D eigenvalue weighted by molar-refractivity contribution is -0.133. The summed E-state index contributed by atoms with van der Waals surface area (Å²) in [6.07, 6.45) is 4.79. The molecule has 3 nitrogen and oxygen atoms in total. The fourth-order valence-corrected chi connectivity index (χ4v) is 4.44. The molecule has 1 amide bonds. The summed E-state index contributed by atoms with van der Waals surface area (Å²) in [5.41, 5.74) is 0.824. The number of carbonyl (C=O) groups is 1. The van der Waals surface area contributed by atoms with Crippen LogP contribution in [0.25, 0.3) is 0 Å². The van der Waals surface area contributed by atoms with Crippen molar-refractivity contribution in [3.8, 4) is 0 Å². The van der Waals surface area contributed by atoms with E-state index in [2.05, 4.69) is 40.9 Å². The van der Waals surface area contributed by atoms with E-state index in [-0.39, 0.29) is 12.1 Å². The average Bonchev–Trinajstić information content (AvgIpc) is 3.17. The predicted octanol–water partition coefficient (Wildman–Crippen LogP) is 3.78. The maximum Gasteiger partial charge on any atom is 0.244 e. The Morgan fingerprint density at radius 2 is 2.29 bits per heavy atom. The van der Waals surface area contributed by atoms with Gasteiger partial charge in [0.05, 0.1) is 5.54 Å². The van der Waals surface area contributed by atoms with E-state index in [9.17, 15) is 4.79 Å². The summed E-state index contributed by atoms with van der Waals surface area (Å²) in [5, 5.41) is 7.85. The second-order valence-corrected chi connectivity index (χ2v) is 7.70. The third-order valence-corrected chi connectivity index (χ3v) is 6.24. The normalized spacial score (nSPS) is 36.6. The Hall–Kier alpha value is -0.870. The molecular formula is C17H26N2OS. The monoisotopic (exact) mass is 306 g/mol. The Balaban J connectivity index is 1.84. The molecule has 116 valence electrons. The maximum atomic E-state index is 12.9. The van der Waals surface area contributed by atoms with Crippen LogP contribution in [0.15, 0.2) is 16.8 Å². The largest absolute Gasteiger partial charge is 0.321 e. The van der Waals surface area contributed by atoms with Crippen LogP contribution in [0.4, 0.5) is 0 Å². The van der Waals surface area contributed by atoms with E-state index in [0.717, 1.165) is 18.9 Å². The van der Waals surface area contributed by atoms with E-state index in [0.29, 0.717) is 5.92 Å². The Bertz CT molecular complexity index is 501. The van der Waals surface area contributed by atoms with E-state index in [1.54, 1.807) is 11.3 Å². The predicted molar refractivity (Wildman–Crippen MR) is 87.1 cm³/mol. The topological polar surface area (TPSA) is 32.3 Å². The molecule has 0 aromatic carbocycles. The summed E-state index contributed by atoms with van der Waals surface area (Å²) in [7, 11) is 0. The fraction of sp³-hybridized carbons (Fsp3) is 0.706. The molecule has 1 aromatic heterocycles. The Labute approximate surface area is 131 Å². The van der Waals surface area contributed by atoms with Crippen molar-refractivity contribution in [3.63, 3.8) is 0 Å². The van der Waals surface area contributed by atoms with Gasteiger partial charge < -0.3 is 4.90 Å². The zero-order valence-electron chi connectivity index (χ0n) is 13.3. The van der Waals surface area contributed by atoms with Crippen molar-refractivity contribution in [2.45, 2.75) is 58.2 Å². The smallest absolute Gasteiger partial charge is 0.244 e. The third-order valence-electron chi connectivity index (χ3n) is 5.54. The summed E-state index contributed by atoms with van der Waals surface area (Å²) in [6.45, 7) is 7.39. The number of carbonyl (C=O) groups excluding carboxylic acids is 1. The van der Waals surface area contributed by atoms with E-state index >= 15 is 0 Å². The third kappa shape index (κ3) is 2.64. The van der Waals surface area contributed by atoms with Crippen LogP contribution in [-0.4, -0.2) is 22.9 Å². The first-order valence-corrected chi connectivity index (χ1v) is 9.10. The van der Waals surface area contributed by atoms with E-state index in [1.807, 2.05) is 6.92 Å². The van der Waals surface area contributed by atoms with Gasteiger partial charge in [-0.05, 0) is 54.0 Å². The highest BCUT2D eigenvalue weighted by molar-refractivity contribution is 7.07. The molecule has 2 heterocycles. The van der Waals surface area contributed by atoms with Gasteiger partial charge in [0, 0.05) is 6.54 Å². The number of hydrogen-bond donors (Lipinski definition) is 1. The van der Waals surface area contributed by atoms with Crippen molar-refractivity contribution in [3.05, 3.63) is 22.4 Å². The molecule has 1 N–H and O–H groups in total. The van der Waals surface area contributed by atoms with Crippen LogP contribution in [0, 0.1) is 11.8 Å². The second-order valence-electron chi connectivity index (χ2n) is 6.91.